The first-order valence-corrected chi connectivity index (χ1v) is 6.98. The Labute approximate surface area is 115 Å². The van der Waals surface area contributed by atoms with Gasteiger partial charge in [-0.25, -0.2) is 0 Å². The number of halogens is 1. The third kappa shape index (κ3) is 2.04. The number of carbonyl (C=O) groups is 1. The lowest BCUT2D eigenvalue weighted by molar-refractivity contribution is -0.117. The van der Waals surface area contributed by atoms with Crippen molar-refractivity contribution in [2.24, 2.45) is 0 Å². The van der Waals surface area contributed by atoms with Gasteiger partial charge >= 0.3 is 0 Å². The van der Waals surface area contributed by atoms with Gasteiger partial charge in [0.15, 0.2) is 0 Å². The molecule has 1 aromatic heterocycles. The maximum Gasteiger partial charge on any atom is 0.232 e. The Kier molecular flexibility index (Phi) is 2.88. The molecule has 18 heavy (non-hydrogen) atoms. The highest BCUT2D eigenvalue weighted by molar-refractivity contribution is 7.11. The second-order valence-electron chi connectivity index (χ2n) is 4.49. The molecule has 1 atom stereocenters. The number of aryl methyl sites for hydroxylation is 1. The summed E-state index contributed by atoms with van der Waals surface area (Å²) in [4.78, 5) is 14.5. The maximum absolute atomic E-state index is 12.0. The molecule has 1 aliphatic rings. The Bertz CT molecular complexity index is 620. The molecule has 1 N–H and O–H groups in total. The molecule has 2 nitrogen and oxygen atoms in total. The van der Waals surface area contributed by atoms with Gasteiger partial charge in [-0.1, -0.05) is 11.6 Å². The summed E-state index contributed by atoms with van der Waals surface area (Å²) in [5, 5.41) is 3.59. The van der Waals surface area contributed by atoms with Crippen molar-refractivity contribution in [2.75, 3.05) is 5.32 Å². The van der Waals surface area contributed by atoms with Crippen LogP contribution in [-0.4, -0.2) is 5.91 Å². The van der Waals surface area contributed by atoms with Crippen LogP contribution in [0.2, 0.25) is 5.02 Å². The van der Waals surface area contributed by atoms with Crippen molar-refractivity contribution in [2.45, 2.75) is 19.3 Å². The van der Waals surface area contributed by atoms with Gasteiger partial charge in [-0.05, 0) is 49.2 Å². The Morgan fingerprint density at radius 1 is 1.33 bits per heavy atom. The van der Waals surface area contributed by atoms with Crippen molar-refractivity contribution in [3.63, 3.8) is 0 Å². The first-order chi connectivity index (χ1) is 8.63. The van der Waals surface area contributed by atoms with E-state index >= 15 is 0 Å². The molecule has 1 aliphatic heterocycles. The number of anilines is 1. The normalized spacial score (nSPS) is 17.7. The van der Waals surface area contributed by atoms with Crippen LogP contribution in [-0.2, 0) is 11.2 Å². The summed E-state index contributed by atoms with van der Waals surface area (Å²) in [7, 11) is 0. The quantitative estimate of drug-likeness (QED) is 0.884. The number of nitrogens with one attached hydrogen (secondary N) is 1. The smallest absolute Gasteiger partial charge is 0.232 e. The highest BCUT2D eigenvalue weighted by Gasteiger charge is 2.30. The van der Waals surface area contributed by atoms with Gasteiger partial charge in [-0.3, -0.25) is 4.79 Å². The number of benzene rings is 1. The predicted molar refractivity (Wildman–Crippen MR) is 75.6 cm³/mol. The number of rotatable bonds is 2. The van der Waals surface area contributed by atoms with Crippen LogP contribution < -0.4 is 5.32 Å². The predicted octanol–water partition coefficient (Wildman–Crippen LogP) is 3.99. The standard InChI is InChI=1S/C14H12ClNOS/c1-8-2-4-10(18-8)7-12-11-6-9(15)3-5-13(11)16-14(12)17/h2-6,12H,7H2,1H3,(H,16,17). The van der Waals surface area contributed by atoms with E-state index in [2.05, 4.69) is 24.4 Å². The zero-order chi connectivity index (χ0) is 12.7. The summed E-state index contributed by atoms with van der Waals surface area (Å²) < 4.78 is 0. The SMILES string of the molecule is Cc1ccc(CC2C(=O)Nc3ccc(Cl)cc32)s1. The first kappa shape index (κ1) is 11.8. The summed E-state index contributed by atoms with van der Waals surface area (Å²) >= 11 is 7.75. The summed E-state index contributed by atoms with van der Waals surface area (Å²) in [6.45, 7) is 2.08. The van der Waals surface area contributed by atoms with Crippen LogP contribution in [0.5, 0.6) is 0 Å². The van der Waals surface area contributed by atoms with Crippen LogP contribution in [0, 0.1) is 6.92 Å². The van der Waals surface area contributed by atoms with Crippen LogP contribution in [0.25, 0.3) is 0 Å². The highest BCUT2D eigenvalue weighted by Crippen LogP contribution is 2.37. The molecular weight excluding hydrogens is 266 g/mol. The van der Waals surface area contributed by atoms with E-state index in [9.17, 15) is 4.79 Å². The molecule has 0 radical (unpaired) electrons. The zero-order valence-electron chi connectivity index (χ0n) is 9.87. The van der Waals surface area contributed by atoms with Crippen LogP contribution in [0.15, 0.2) is 30.3 Å². The molecule has 4 heteroatoms. The second kappa shape index (κ2) is 4.41. The van der Waals surface area contributed by atoms with Crippen molar-refractivity contribution in [1.29, 1.82) is 0 Å². The largest absolute Gasteiger partial charge is 0.325 e. The monoisotopic (exact) mass is 277 g/mol. The van der Waals surface area contributed by atoms with Crippen molar-refractivity contribution >= 4 is 34.5 Å². The van der Waals surface area contributed by atoms with Gasteiger partial charge in [0.1, 0.15) is 0 Å². The van der Waals surface area contributed by atoms with E-state index in [1.807, 2.05) is 12.1 Å². The van der Waals surface area contributed by atoms with Crippen molar-refractivity contribution in [3.05, 3.63) is 50.7 Å². The fourth-order valence-electron chi connectivity index (χ4n) is 2.30. The lowest BCUT2D eigenvalue weighted by Gasteiger charge is -2.07. The molecule has 92 valence electrons. The topological polar surface area (TPSA) is 29.1 Å². The van der Waals surface area contributed by atoms with Crippen molar-refractivity contribution in [3.8, 4) is 0 Å². The molecule has 0 fully saturated rings. The molecule has 1 unspecified atom stereocenters. The summed E-state index contributed by atoms with van der Waals surface area (Å²) in [6, 6.07) is 9.75. The average Bonchev–Trinajstić information content (AvgIpc) is 2.86. The van der Waals surface area contributed by atoms with E-state index in [-0.39, 0.29) is 11.8 Å². The molecule has 0 saturated carbocycles. The van der Waals surface area contributed by atoms with Gasteiger partial charge in [0.25, 0.3) is 0 Å². The Balaban J connectivity index is 1.93. The molecule has 3 rings (SSSR count). The van der Waals surface area contributed by atoms with Crippen molar-refractivity contribution < 1.29 is 4.79 Å². The number of carbonyl (C=O) groups excluding carboxylic acids is 1. The number of amides is 1. The fraction of sp³-hybridized carbons (Fsp3) is 0.214. The van der Waals surface area contributed by atoms with Gasteiger partial charge in [0, 0.05) is 20.5 Å². The van der Waals surface area contributed by atoms with E-state index in [4.69, 9.17) is 11.6 Å². The maximum atomic E-state index is 12.0. The molecule has 2 heterocycles. The van der Waals surface area contributed by atoms with Gasteiger partial charge in [0.2, 0.25) is 5.91 Å². The highest BCUT2D eigenvalue weighted by atomic mass is 35.5. The van der Waals surface area contributed by atoms with E-state index in [0.717, 1.165) is 17.7 Å². The van der Waals surface area contributed by atoms with E-state index in [0.29, 0.717) is 5.02 Å². The summed E-state index contributed by atoms with van der Waals surface area (Å²) in [6.07, 6.45) is 0.748. The van der Waals surface area contributed by atoms with Gasteiger partial charge in [-0.15, -0.1) is 11.3 Å². The Morgan fingerprint density at radius 3 is 2.89 bits per heavy atom. The Hall–Kier alpha value is -1.32. The first-order valence-electron chi connectivity index (χ1n) is 5.79. The molecule has 0 spiro atoms. The second-order valence-corrected chi connectivity index (χ2v) is 6.30. The van der Waals surface area contributed by atoms with E-state index in [1.165, 1.54) is 9.75 Å². The van der Waals surface area contributed by atoms with Gasteiger partial charge in [-0.2, -0.15) is 0 Å². The third-order valence-corrected chi connectivity index (χ3v) is 4.42. The van der Waals surface area contributed by atoms with Crippen LogP contribution >= 0.6 is 22.9 Å². The number of hydrogen-bond donors (Lipinski definition) is 1. The van der Waals surface area contributed by atoms with Crippen molar-refractivity contribution in [1.82, 2.24) is 0 Å². The summed E-state index contributed by atoms with van der Waals surface area (Å²) in [5.74, 6) is -0.0462. The minimum absolute atomic E-state index is 0.0679. The molecule has 2 aromatic rings. The van der Waals surface area contributed by atoms with Gasteiger partial charge in [0.05, 0.1) is 5.92 Å². The molecule has 1 aromatic carbocycles. The summed E-state index contributed by atoms with van der Waals surface area (Å²) in [5.41, 5.74) is 1.90. The lowest BCUT2D eigenvalue weighted by atomic mass is 9.96. The van der Waals surface area contributed by atoms with E-state index < -0.39 is 0 Å². The van der Waals surface area contributed by atoms with Crippen LogP contribution in [0.3, 0.4) is 0 Å². The molecule has 0 aliphatic carbocycles. The average molecular weight is 278 g/mol. The van der Waals surface area contributed by atoms with Crippen LogP contribution in [0.4, 0.5) is 5.69 Å². The third-order valence-electron chi connectivity index (χ3n) is 3.16. The molecular formula is C14H12ClNOS. The Morgan fingerprint density at radius 2 is 2.17 bits per heavy atom. The fourth-order valence-corrected chi connectivity index (χ4v) is 3.41. The number of hydrogen-bond acceptors (Lipinski definition) is 2. The van der Waals surface area contributed by atoms with E-state index in [1.54, 1.807) is 17.4 Å². The minimum Gasteiger partial charge on any atom is -0.325 e. The molecule has 0 saturated heterocycles. The lowest BCUT2D eigenvalue weighted by Crippen LogP contribution is -2.13. The van der Waals surface area contributed by atoms with Crippen LogP contribution in [0.1, 0.15) is 21.2 Å². The number of thiophene rings is 1. The molecule has 1 amide bonds. The molecule has 0 bridgehead atoms. The van der Waals surface area contributed by atoms with Gasteiger partial charge < -0.3 is 5.32 Å². The zero-order valence-corrected chi connectivity index (χ0v) is 11.4. The minimum atomic E-state index is -0.114. The number of fused-ring (bicyclic) bond motifs is 1.